The number of oxazole rings is 1. The first-order valence-electron chi connectivity index (χ1n) is 7.97. The first-order chi connectivity index (χ1) is 13.2. The van der Waals surface area contributed by atoms with Gasteiger partial charge in [0.15, 0.2) is 15.4 Å². The number of sulfone groups is 1. The number of nitrogens with zero attached hydrogens (tertiary/aromatic N) is 3. The average Bonchev–Trinajstić information content (AvgIpc) is 3.24. The van der Waals surface area contributed by atoms with Crippen molar-refractivity contribution in [3.63, 3.8) is 0 Å². The molecule has 2 aromatic heterocycles. The number of fused-ring (bicyclic) bond motifs is 1. The molecule has 0 aliphatic rings. The Hall–Kier alpha value is -3.14. The van der Waals surface area contributed by atoms with E-state index in [-0.39, 0.29) is 22.1 Å². The van der Waals surface area contributed by atoms with Gasteiger partial charge in [-0.25, -0.2) is 31.3 Å². The molecule has 0 spiro atoms. The van der Waals surface area contributed by atoms with Gasteiger partial charge in [-0.15, -0.1) is 0 Å². The number of alkyl halides is 2. The second-order valence-electron chi connectivity index (χ2n) is 6.06. The zero-order chi connectivity index (χ0) is 20.1. The van der Waals surface area contributed by atoms with E-state index < -0.39 is 27.8 Å². The standard InChI is InChI=1S/C18H12F3N3O3S/c1-28(25,26)12-5-3-11(4-6-12)24-15(9-14(23-24)17(20)21)18-22-13-7-2-10(19)8-16(13)27-18/h2-9,17H,1H3. The van der Waals surface area contributed by atoms with E-state index in [0.29, 0.717) is 11.2 Å². The van der Waals surface area contributed by atoms with Gasteiger partial charge < -0.3 is 4.42 Å². The van der Waals surface area contributed by atoms with Gasteiger partial charge in [-0.3, -0.25) is 0 Å². The largest absolute Gasteiger partial charge is 0.435 e. The summed E-state index contributed by atoms with van der Waals surface area (Å²) in [5.74, 6) is -0.541. The molecule has 6 nitrogen and oxygen atoms in total. The van der Waals surface area contributed by atoms with Gasteiger partial charge in [-0.1, -0.05) is 0 Å². The number of hydrogen-bond donors (Lipinski definition) is 0. The second-order valence-corrected chi connectivity index (χ2v) is 8.08. The van der Waals surface area contributed by atoms with Crippen LogP contribution in [0.3, 0.4) is 0 Å². The number of hydrogen-bond acceptors (Lipinski definition) is 5. The number of rotatable bonds is 4. The number of aromatic nitrogens is 3. The molecule has 0 saturated carbocycles. The first-order valence-corrected chi connectivity index (χ1v) is 9.86. The van der Waals surface area contributed by atoms with Crippen molar-refractivity contribution in [3.8, 4) is 17.3 Å². The van der Waals surface area contributed by atoms with Crippen LogP contribution in [0.2, 0.25) is 0 Å². The Morgan fingerprint density at radius 2 is 1.79 bits per heavy atom. The van der Waals surface area contributed by atoms with Crippen molar-refractivity contribution < 1.29 is 26.0 Å². The zero-order valence-electron chi connectivity index (χ0n) is 14.3. The van der Waals surface area contributed by atoms with Crippen LogP contribution in [0.5, 0.6) is 0 Å². The maximum Gasteiger partial charge on any atom is 0.282 e. The van der Waals surface area contributed by atoms with Crippen molar-refractivity contribution in [1.29, 1.82) is 0 Å². The molecule has 0 aliphatic heterocycles. The summed E-state index contributed by atoms with van der Waals surface area (Å²) in [4.78, 5) is 4.28. The van der Waals surface area contributed by atoms with Crippen LogP contribution in [0.25, 0.3) is 28.4 Å². The summed E-state index contributed by atoms with van der Waals surface area (Å²) in [5.41, 5.74) is 0.473. The summed E-state index contributed by atoms with van der Waals surface area (Å²) >= 11 is 0. The zero-order valence-corrected chi connectivity index (χ0v) is 15.1. The van der Waals surface area contributed by atoms with E-state index in [1.807, 2.05) is 0 Å². The highest BCUT2D eigenvalue weighted by Crippen LogP contribution is 2.30. The minimum absolute atomic E-state index is 0.0211. The first kappa shape index (κ1) is 18.2. The van der Waals surface area contributed by atoms with Crippen molar-refractivity contribution in [1.82, 2.24) is 14.8 Å². The molecule has 144 valence electrons. The Balaban J connectivity index is 1.87. The fourth-order valence-electron chi connectivity index (χ4n) is 2.70. The van der Waals surface area contributed by atoms with Gasteiger partial charge in [0.2, 0.25) is 5.89 Å². The van der Waals surface area contributed by atoms with E-state index in [2.05, 4.69) is 10.1 Å². The minimum Gasteiger partial charge on any atom is -0.435 e. The highest BCUT2D eigenvalue weighted by Gasteiger charge is 2.21. The predicted octanol–water partition coefficient (Wildman–Crippen LogP) is 4.16. The summed E-state index contributed by atoms with van der Waals surface area (Å²) in [6, 6.07) is 10.4. The molecule has 0 aliphatic carbocycles. The molecule has 0 fully saturated rings. The lowest BCUT2D eigenvalue weighted by Gasteiger charge is -2.06. The topological polar surface area (TPSA) is 78.0 Å². The van der Waals surface area contributed by atoms with Gasteiger partial charge in [-0.05, 0) is 42.5 Å². The maximum atomic E-state index is 13.4. The molecule has 10 heteroatoms. The lowest BCUT2D eigenvalue weighted by atomic mass is 10.3. The molecule has 28 heavy (non-hydrogen) atoms. The minimum atomic E-state index is -3.41. The van der Waals surface area contributed by atoms with Crippen LogP contribution in [0.15, 0.2) is 57.8 Å². The summed E-state index contributed by atoms with van der Waals surface area (Å²) in [6.45, 7) is 0. The maximum absolute atomic E-state index is 13.4. The van der Waals surface area contributed by atoms with Crippen molar-refractivity contribution in [2.45, 2.75) is 11.3 Å². The number of benzene rings is 2. The third-order valence-corrected chi connectivity index (χ3v) is 5.16. The quantitative estimate of drug-likeness (QED) is 0.508. The molecule has 0 radical (unpaired) electrons. The predicted molar refractivity (Wildman–Crippen MR) is 94.6 cm³/mol. The van der Waals surface area contributed by atoms with Crippen LogP contribution >= 0.6 is 0 Å². The van der Waals surface area contributed by atoms with E-state index in [1.54, 1.807) is 0 Å². The van der Waals surface area contributed by atoms with Gasteiger partial charge >= 0.3 is 0 Å². The van der Waals surface area contributed by atoms with Crippen LogP contribution in [0, 0.1) is 5.82 Å². The monoisotopic (exact) mass is 407 g/mol. The molecule has 0 amide bonds. The molecule has 4 rings (SSSR count). The van der Waals surface area contributed by atoms with Gasteiger partial charge in [0, 0.05) is 12.3 Å². The average molecular weight is 407 g/mol. The lowest BCUT2D eigenvalue weighted by molar-refractivity contribution is 0.145. The van der Waals surface area contributed by atoms with Crippen LogP contribution < -0.4 is 0 Å². The summed E-state index contributed by atoms with van der Waals surface area (Å²) < 4.78 is 69.7. The summed E-state index contributed by atoms with van der Waals surface area (Å²) in [7, 11) is -3.41. The van der Waals surface area contributed by atoms with Gasteiger partial charge in [0.1, 0.15) is 22.7 Å². The summed E-state index contributed by atoms with van der Waals surface area (Å²) in [5, 5.41) is 3.88. The fourth-order valence-corrected chi connectivity index (χ4v) is 3.33. The Morgan fingerprint density at radius 3 is 2.43 bits per heavy atom. The van der Waals surface area contributed by atoms with E-state index in [1.165, 1.54) is 41.1 Å². The molecule has 0 saturated heterocycles. The van der Waals surface area contributed by atoms with E-state index in [0.717, 1.165) is 18.4 Å². The molecule has 0 N–H and O–H groups in total. The van der Waals surface area contributed by atoms with Gasteiger partial charge in [0.25, 0.3) is 6.43 Å². The Bertz CT molecular complexity index is 1280. The molecular formula is C18H12F3N3O3S. The highest BCUT2D eigenvalue weighted by molar-refractivity contribution is 7.90. The Labute approximate surface area is 157 Å². The van der Waals surface area contributed by atoms with Crippen LogP contribution in [-0.4, -0.2) is 29.4 Å². The van der Waals surface area contributed by atoms with E-state index in [4.69, 9.17) is 4.42 Å². The molecule has 0 unspecified atom stereocenters. The molecule has 2 aromatic carbocycles. The molecule has 2 heterocycles. The van der Waals surface area contributed by atoms with Gasteiger partial charge in [0.05, 0.1) is 10.6 Å². The second kappa shape index (κ2) is 6.48. The van der Waals surface area contributed by atoms with Crippen LogP contribution in [-0.2, 0) is 9.84 Å². The highest BCUT2D eigenvalue weighted by atomic mass is 32.2. The van der Waals surface area contributed by atoms with Crippen LogP contribution in [0.4, 0.5) is 13.2 Å². The number of halogens is 3. The smallest absolute Gasteiger partial charge is 0.282 e. The van der Waals surface area contributed by atoms with E-state index in [9.17, 15) is 21.6 Å². The molecule has 4 aromatic rings. The van der Waals surface area contributed by atoms with Crippen LogP contribution in [0.1, 0.15) is 12.1 Å². The fraction of sp³-hybridized carbons (Fsp3) is 0.111. The molecular weight excluding hydrogens is 395 g/mol. The SMILES string of the molecule is CS(=O)(=O)c1ccc(-n2nc(C(F)F)cc2-c2nc3ccc(F)cc3o2)cc1. The molecule has 0 bridgehead atoms. The summed E-state index contributed by atoms with van der Waals surface area (Å²) in [6.07, 6.45) is -1.77. The van der Waals surface area contributed by atoms with Crippen molar-refractivity contribution in [2.75, 3.05) is 6.26 Å². The van der Waals surface area contributed by atoms with Crippen molar-refractivity contribution >= 4 is 20.9 Å². The van der Waals surface area contributed by atoms with Gasteiger partial charge in [-0.2, -0.15) is 5.10 Å². The third-order valence-electron chi connectivity index (χ3n) is 4.03. The van der Waals surface area contributed by atoms with Crippen molar-refractivity contribution in [2.24, 2.45) is 0 Å². The Morgan fingerprint density at radius 1 is 1.07 bits per heavy atom. The van der Waals surface area contributed by atoms with Crippen molar-refractivity contribution in [3.05, 3.63) is 60.0 Å². The lowest BCUT2D eigenvalue weighted by Crippen LogP contribution is -2.02. The molecule has 0 atom stereocenters. The van der Waals surface area contributed by atoms with E-state index >= 15 is 0 Å². The third kappa shape index (κ3) is 3.26. The Kier molecular flexibility index (Phi) is 4.22. The normalized spacial score (nSPS) is 12.2.